The van der Waals surface area contributed by atoms with E-state index >= 15 is 0 Å². The van der Waals surface area contributed by atoms with E-state index in [1.807, 2.05) is 0 Å². The highest BCUT2D eigenvalue weighted by Crippen LogP contribution is 2.20. The third kappa shape index (κ3) is 3.12. The van der Waals surface area contributed by atoms with Crippen LogP contribution in [0, 0.1) is 6.42 Å². The van der Waals surface area contributed by atoms with E-state index < -0.39 is 5.92 Å². The van der Waals surface area contributed by atoms with Crippen LogP contribution < -0.4 is 0 Å². The van der Waals surface area contributed by atoms with Gasteiger partial charge in [0.25, 0.3) is 5.92 Å². The first-order valence-electron chi connectivity index (χ1n) is 3.37. The van der Waals surface area contributed by atoms with Crippen molar-refractivity contribution in [2.75, 3.05) is 0 Å². The highest BCUT2D eigenvalue weighted by molar-refractivity contribution is 5.24. The molecule has 0 aliphatic rings. The largest absolute Gasteiger partial charge is 0.252 e. The number of rotatable bonds is 2. The zero-order chi connectivity index (χ0) is 8.32. The summed E-state index contributed by atoms with van der Waals surface area (Å²) in [7, 11) is 0. The molecular formula is C9H9F2. The van der Waals surface area contributed by atoms with Gasteiger partial charge < -0.3 is 0 Å². The second-order valence-electron chi connectivity index (χ2n) is 2.51. The zero-order valence-electron chi connectivity index (χ0n) is 6.22. The first-order chi connectivity index (χ1) is 5.08. The quantitative estimate of drug-likeness (QED) is 0.616. The SMILES string of the molecule is CC(F)(F)[CH]c1ccccc1. The van der Waals surface area contributed by atoms with Crippen molar-refractivity contribution in [3.63, 3.8) is 0 Å². The molecule has 0 aromatic heterocycles. The van der Waals surface area contributed by atoms with Gasteiger partial charge in [-0.15, -0.1) is 0 Å². The average molecular weight is 155 g/mol. The van der Waals surface area contributed by atoms with Gasteiger partial charge in [0, 0.05) is 0 Å². The van der Waals surface area contributed by atoms with E-state index in [2.05, 4.69) is 0 Å². The summed E-state index contributed by atoms with van der Waals surface area (Å²) in [6.07, 6.45) is 0.938. The number of hydrogen-bond donors (Lipinski definition) is 0. The molecule has 0 fully saturated rings. The van der Waals surface area contributed by atoms with Gasteiger partial charge in [-0.1, -0.05) is 30.3 Å². The van der Waals surface area contributed by atoms with Gasteiger partial charge in [0.15, 0.2) is 0 Å². The normalized spacial score (nSPS) is 11.5. The molecule has 0 saturated heterocycles. The molecule has 59 valence electrons. The van der Waals surface area contributed by atoms with Crippen LogP contribution in [0.4, 0.5) is 8.78 Å². The van der Waals surface area contributed by atoms with Gasteiger partial charge in [0.2, 0.25) is 0 Å². The van der Waals surface area contributed by atoms with Crippen molar-refractivity contribution in [2.45, 2.75) is 12.8 Å². The van der Waals surface area contributed by atoms with Crippen LogP contribution in [0.5, 0.6) is 0 Å². The summed E-state index contributed by atoms with van der Waals surface area (Å²) >= 11 is 0. The molecule has 0 N–H and O–H groups in total. The van der Waals surface area contributed by atoms with Crippen molar-refractivity contribution in [3.8, 4) is 0 Å². The summed E-state index contributed by atoms with van der Waals surface area (Å²) in [5.41, 5.74) is 0.556. The Morgan fingerprint density at radius 1 is 1.18 bits per heavy atom. The monoisotopic (exact) mass is 155 g/mol. The van der Waals surface area contributed by atoms with Crippen LogP contribution in [0.3, 0.4) is 0 Å². The Bertz CT molecular complexity index is 211. The van der Waals surface area contributed by atoms with Crippen molar-refractivity contribution in [2.24, 2.45) is 0 Å². The van der Waals surface area contributed by atoms with Crippen LogP contribution in [-0.2, 0) is 0 Å². The minimum absolute atomic E-state index is 0.556. The summed E-state index contributed by atoms with van der Waals surface area (Å²) in [5.74, 6) is -2.72. The standard InChI is InChI=1S/C9H9F2/c1-9(10,11)7-8-5-3-2-4-6-8/h2-7H,1H3. The fourth-order valence-electron chi connectivity index (χ4n) is 0.842. The van der Waals surface area contributed by atoms with Crippen LogP contribution >= 0.6 is 0 Å². The minimum Gasteiger partial charge on any atom is -0.206 e. The highest BCUT2D eigenvalue weighted by Gasteiger charge is 2.21. The van der Waals surface area contributed by atoms with E-state index in [-0.39, 0.29) is 0 Å². The number of benzene rings is 1. The van der Waals surface area contributed by atoms with Gasteiger partial charge >= 0.3 is 0 Å². The van der Waals surface area contributed by atoms with Crippen molar-refractivity contribution in [1.82, 2.24) is 0 Å². The predicted molar refractivity (Wildman–Crippen MR) is 40.5 cm³/mol. The van der Waals surface area contributed by atoms with Crippen molar-refractivity contribution in [1.29, 1.82) is 0 Å². The lowest BCUT2D eigenvalue weighted by atomic mass is 10.1. The Morgan fingerprint density at radius 2 is 1.73 bits per heavy atom. The van der Waals surface area contributed by atoms with Gasteiger partial charge in [0.1, 0.15) is 0 Å². The van der Waals surface area contributed by atoms with Gasteiger partial charge in [-0.05, 0) is 12.5 Å². The molecule has 0 amide bonds. The molecule has 1 radical (unpaired) electrons. The Morgan fingerprint density at radius 3 is 2.18 bits per heavy atom. The summed E-state index contributed by atoms with van der Waals surface area (Å²) in [4.78, 5) is 0. The third-order valence-electron chi connectivity index (χ3n) is 1.22. The van der Waals surface area contributed by atoms with Gasteiger partial charge in [0.05, 0.1) is 6.42 Å². The van der Waals surface area contributed by atoms with E-state index in [4.69, 9.17) is 0 Å². The molecule has 0 nitrogen and oxygen atoms in total. The number of halogens is 2. The molecule has 1 aromatic rings. The molecule has 11 heavy (non-hydrogen) atoms. The molecule has 1 rings (SSSR count). The van der Waals surface area contributed by atoms with Crippen molar-refractivity contribution < 1.29 is 8.78 Å². The van der Waals surface area contributed by atoms with Crippen LogP contribution in [0.1, 0.15) is 12.5 Å². The third-order valence-corrected chi connectivity index (χ3v) is 1.22. The first-order valence-corrected chi connectivity index (χ1v) is 3.37. The van der Waals surface area contributed by atoms with E-state index in [9.17, 15) is 8.78 Å². The maximum absolute atomic E-state index is 12.4. The second kappa shape index (κ2) is 2.99. The minimum atomic E-state index is -2.72. The van der Waals surface area contributed by atoms with Gasteiger partial charge in [-0.25, -0.2) is 8.78 Å². The molecule has 1 aromatic carbocycles. The Hall–Kier alpha value is -0.920. The molecule has 0 unspecified atom stereocenters. The molecular weight excluding hydrogens is 146 g/mol. The summed E-state index contributed by atoms with van der Waals surface area (Å²) in [6.45, 7) is 0.875. The molecule has 0 aliphatic heterocycles. The molecule has 0 bridgehead atoms. The lowest BCUT2D eigenvalue weighted by Crippen LogP contribution is -2.10. The van der Waals surface area contributed by atoms with Gasteiger partial charge in [-0.2, -0.15) is 0 Å². The second-order valence-corrected chi connectivity index (χ2v) is 2.51. The highest BCUT2D eigenvalue weighted by atomic mass is 19.3. The van der Waals surface area contributed by atoms with Crippen molar-refractivity contribution in [3.05, 3.63) is 42.3 Å². The first kappa shape index (κ1) is 8.18. The Labute approximate surface area is 64.9 Å². The van der Waals surface area contributed by atoms with Crippen LogP contribution in [0.2, 0.25) is 0 Å². The summed E-state index contributed by atoms with van der Waals surface area (Å²) < 4.78 is 24.7. The molecule has 2 heteroatoms. The molecule has 0 heterocycles. The maximum atomic E-state index is 12.4. The van der Waals surface area contributed by atoms with Crippen LogP contribution in [0.15, 0.2) is 30.3 Å². The van der Waals surface area contributed by atoms with Gasteiger partial charge in [-0.3, -0.25) is 0 Å². The summed E-state index contributed by atoms with van der Waals surface area (Å²) in [5, 5.41) is 0. The summed E-state index contributed by atoms with van der Waals surface area (Å²) in [6, 6.07) is 8.56. The smallest absolute Gasteiger partial charge is 0.206 e. The zero-order valence-corrected chi connectivity index (χ0v) is 6.22. The van der Waals surface area contributed by atoms with Crippen LogP contribution in [-0.4, -0.2) is 5.92 Å². The van der Waals surface area contributed by atoms with E-state index in [1.54, 1.807) is 30.3 Å². The van der Waals surface area contributed by atoms with E-state index in [0.717, 1.165) is 13.3 Å². The van der Waals surface area contributed by atoms with Crippen LogP contribution in [0.25, 0.3) is 0 Å². The molecule has 0 aliphatic carbocycles. The lowest BCUT2D eigenvalue weighted by Gasteiger charge is -2.08. The van der Waals surface area contributed by atoms with E-state index in [0.29, 0.717) is 5.56 Å². The van der Waals surface area contributed by atoms with Crippen molar-refractivity contribution >= 4 is 0 Å². The maximum Gasteiger partial charge on any atom is 0.252 e. The predicted octanol–water partition coefficient (Wildman–Crippen LogP) is 2.89. The molecule has 0 spiro atoms. The average Bonchev–Trinajstić information content (AvgIpc) is 1.85. The molecule has 0 saturated carbocycles. The fraction of sp³-hybridized carbons (Fsp3) is 0.222. The lowest BCUT2D eigenvalue weighted by molar-refractivity contribution is 0.0624. The Balaban J connectivity index is 2.66. The Kier molecular flexibility index (Phi) is 2.22. The molecule has 0 atom stereocenters. The number of alkyl halides is 2. The topological polar surface area (TPSA) is 0 Å². The number of hydrogen-bond acceptors (Lipinski definition) is 0. The van der Waals surface area contributed by atoms with E-state index in [1.165, 1.54) is 0 Å². The fourth-order valence-corrected chi connectivity index (χ4v) is 0.842.